The van der Waals surface area contributed by atoms with Gasteiger partial charge >= 0.3 is 0 Å². The molecule has 0 amide bonds. The van der Waals surface area contributed by atoms with Gasteiger partial charge < -0.3 is 15.4 Å². The second kappa shape index (κ2) is 4.98. The molecule has 1 atom stereocenters. The van der Waals surface area contributed by atoms with E-state index in [1.165, 1.54) is 0 Å². The van der Waals surface area contributed by atoms with Gasteiger partial charge in [-0.2, -0.15) is 0 Å². The first-order valence-corrected chi connectivity index (χ1v) is 5.07. The van der Waals surface area contributed by atoms with E-state index < -0.39 is 0 Å². The monoisotopic (exact) mass is 192 g/mol. The molecule has 0 saturated carbocycles. The fourth-order valence-corrected chi connectivity index (χ4v) is 1.54. The first-order valence-electron chi connectivity index (χ1n) is 5.07. The summed E-state index contributed by atoms with van der Waals surface area (Å²) in [5, 5.41) is 6.73. The van der Waals surface area contributed by atoms with Gasteiger partial charge in [-0.25, -0.2) is 0 Å². The molecule has 0 unspecified atom stereocenters. The Morgan fingerprint density at radius 2 is 2.07 bits per heavy atom. The highest BCUT2D eigenvalue weighted by Crippen LogP contribution is 2.08. The highest BCUT2D eigenvalue weighted by atomic mass is 16.5. The van der Waals surface area contributed by atoms with Gasteiger partial charge in [-0.05, 0) is 12.1 Å². The lowest BCUT2D eigenvalue weighted by atomic mass is 10.2. The molecule has 0 aromatic heterocycles. The molecule has 1 aliphatic heterocycles. The van der Waals surface area contributed by atoms with E-state index in [1.807, 2.05) is 30.3 Å². The van der Waals surface area contributed by atoms with E-state index in [9.17, 15) is 0 Å². The molecule has 1 fully saturated rings. The van der Waals surface area contributed by atoms with Gasteiger partial charge in [-0.3, -0.25) is 0 Å². The molecular formula is C11H16N2O. The first-order chi connectivity index (χ1) is 6.95. The summed E-state index contributed by atoms with van der Waals surface area (Å²) in [6, 6.07) is 10.4. The molecule has 0 radical (unpaired) electrons. The third-order valence-corrected chi connectivity index (χ3v) is 2.32. The van der Waals surface area contributed by atoms with Gasteiger partial charge in [0.25, 0.3) is 0 Å². The topological polar surface area (TPSA) is 33.3 Å². The lowest BCUT2D eigenvalue weighted by Crippen LogP contribution is -2.50. The Morgan fingerprint density at radius 1 is 1.21 bits per heavy atom. The van der Waals surface area contributed by atoms with Gasteiger partial charge in [-0.1, -0.05) is 18.2 Å². The van der Waals surface area contributed by atoms with Crippen molar-refractivity contribution in [1.29, 1.82) is 0 Å². The van der Waals surface area contributed by atoms with Crippen LogP contribution in [0.4, 0.5) is 0 Å². The molecule has 76 valence electrons. The summed E-state index contributed by atoms with van der Waals surface area (Å²) in [4.78, 5) is 0. The fraction of sp³-hybridized carbons (Fsp3) is 0.455. The van der Waals surface area contributed by atoms with Crippen LogP contribution in [-0.2, 0) is 0 Å². The number of piperazine rings is 1. The van der Waals surface area contributed by atoms with E-state index in [1.54, 1.807) is 0 Å². The third kappa shape index (κ3) is 2.72. The van der Waals surface area contributed by atoms with Crippen LogP contribution in [0.2, 0.25) is 0 Å². The smallest absolute Gasteiger partial charge is 0.119 e. The van der Waals surface area contributed by atoms with Crippen molar-refractivity contribution in [3.05, 3.63) is 30.3 Å². The van der Waals surface area contributed by atoms with Crippen LogP contribution in [0.15, 0.2) is 30.3 Å². The Morgan fingerprint density at radius 3 is 2.79 bits per heavy atom. The van der Waals surface area contributed by atoms with Gasteiger partial charge in [0, 0.05) is 19.6 Å². The maximum absolute atomic E-state index is 5.64. The maximum atomic E-state index is 5.64. The van der Waals surface area contributed by atoms with Gasteiger partial charge in [-0.15, -0.1) is 0 Å². The number of hydrogen-bond acceptors (Lipinski definition) is 3. The minimum absolute atomic E-state index is 0.434. The highest BCUT2D eigenvalue weighted by molar-refractivity contribution is 5.20. The van der Waals surface area contributed by atoms with E-state index in [-0.39, 0.29) is 0 Å². The lowest BCUT2D eigenvalue weighted by molar-refractivity contribution is 0.247. The van der Waals surface area contributed by atoms with Crippen molar-refractivity contribution >= 4 is 0 Å². The molecule has 0 spiro atoms. The van der Waals surface area contributed by atoms with Crippen molar-refractivity contribution in [3.63, 3.8) is 0 Å². The van der Waals surface area contributed by atoms with Crippen molar-refractivity contribution < 1.29 is 4.74 Å². The number of rotatable bonds is 3. The molecule has 3 nitrogen and oxygen atoms in total. The normalized spacial score (nSPS) is 21.9. The molecule has 3 heteroatoms. The SMILES string of the molecule is c1ccc(OC[C@@H]2CNCCN2)cc1. The summed E-state index contributed by atoms with van der Waals surface area (Å²) >= 11 is 0. The number of nitrogens with one attached hydrogen (secondary N) is 2. The zero-order chi connectivity index (χ0) is 9.64. The first kappa shape index (κ1) is 9.49. The summed E-state index contributed by atoms with van der Waals surface area (Å²) < 4.78 is 5.64. The van der Waals surface area contributed by atoms with Crippen LogP contribution in [0.25, 0.3) is 0 Å². The predicted octanol–water partition coefficient (Wildman–Crippen LogP) is 0.627. The van der Waals surface area contributed by atoms with Crippen LogP contribution in [0, 0.1) is 0 Å². The van der Waals surface area contributed by atoms with E-state index in [0.29, 0.717) is 6.04 Å². The number of para-hydroxylation sites is 1. The largest absolute Gasteiger partial charge is 0.492 e. The Kier molecular flexibility index (Phi) is 3.38. The number of ether oxygens (including phenoxy) is 1. The molecule has 1 aromatic rings. The van der Waals surface area contributed by atoms with Crippen LogP contribution in [0.1, 0.15) is 0 Å². The Bertz CT molecular complexity index is 257. The molecule has 2 rings (SSSR count). The molecule has 0 aliphatic carbocycles. The van der Waals surface area contributed by atoms with Crippen LogP contribution in [0.3, 0.4) is 0 Å². The second-order valence-electron chi connectivity index (χ2n) is 3.48. The zero-order valence-electron chi connectivity index (χ0n) is 8.20. The van der Waals surface area contributed by atoms with Gasteiger partial charge in [0.2, 0.25) is 0 Å². The minimum Gasteiger partial charge on any atom is -0.492 e. The molecule has 14 heavy (non-hydrogen) atoms. The molecule has 1 heterocycles. The van der Waals surface area contributed by atoms with Crippen LogP contribution in [0.5, 0.6) is 5.75 Å². The van der Waals surface area contributed by atoms with Crippen molar-refractivity contribution in [2.45, 2.75) is 6.04 Å². The minimum atomic E-state index is 0.434. The van der Waals surface area contributed by atoms with Crippen molar-refractivity contribution in [1.82, 2.24) is 10.6 Å². The summed E-state index contributed by atoms with van der Waals surface area (Å²) in [6.07, 6.45) is 0. The number of hydrogen-bond donors (Lipinski definition) is 2. The van der Waals surface area contributed by atoms with Crippen molar-refractivity contribution in [2.24, 2.45) is 0 Å². The molecule has 1 aliphatic rings. The van der Waals surface area contributed by atoms with Crippen molar-refractivity contribution in [3.8, 4) is 5.75 Å². The Balaban J connectivity index is 1.76. The predicted molar refractivity (Wildman–Crippen MR) is 56.6 cm³/mol. The summed E-state index contributed by atoms with van der Waals surface area (Å²) in [5.74, 6) is 0.944. The van der Waals surface area contributed by atoms with Crippen LogP contribution in [-0.4, -0.2) is 32.3 Å². The summed E-state index contributed by atoms with van der Waals surface area (Å²) in [7, 11) is 0. The van der Waals surface area contributed by atoms with Crippen LogP contribution < -0.4 is 15.4 Å². The molecular weight excluding hydrogens is 176 g/mol. The molecule has 2 N–H and O–H groups in total. The Hall–Kier alpha value is -1.06. The van der Waals surface area contributed by atoms with Crippen molar-refractivity contribution in [2.75, 3.05) is 26.2 Å². The molecule has 0 bridgehead atoms. The van der Waals surface area contributed by atoms with E-state index in [0.717, 1.165) is 32.0 Å². The summed E-state index contributed by atoms with van der Waals surface area (Å²) in [6.45, 7) is 3.81. The number of benzene rings is 1. The van der Waals surface area contributed by atoms with Gasteiger partial charge in [0.05, 0.1) is 6.04 Å². The quantitative estimate of drug-likeness (QED) is 0.737. The average Bonchev–Trinajstić information content (AvgIpc) is 2.29. The lowest BCUT2D eigenvalue weighted by Gasteiger charge is -2.24. The van der Waals surface area contributed by atoms with E-state index >= 15 is 0 Å². The Labute approximate surface area is 84.5 Å². The maximum Gasteiger partial charge on any atom is 0.119 e. The zero-order valence-corrected chi connectivity index (χ0v) is 8.20. The molecule has 1 aromatic carbocycles. The fourth-order valence-electron chi connectivity index (χ4n) is 1.54. The van der Waals surface area contributed by atoms with Crippen LogP contribution >= 0.6 is 0 Å². The van der Waals surface area contributed by atoms with E-state index in [4.69, 9.17) is 4.74 Å². The van der Waals surface area contributed by atoms with Gasteiger partial charge in [0.15, 0.2) is 0 Å². The standard InChI is InChI=1S/C11H16N2O/c1-2-4-11(5-3-1)14-9-10-8-12-6-7-13-10/h1-5,10,12-13H,6-9H2/t10-/m0/s1. The molecule has 1 saturated heterocycles. The average molecular weight is 192 g/mol. The highest BCUT2D eigenvalue weighted by Gasteiger charge is 2.11. The second-order valence-corrected chi connectivity index (χ2v) is 3.48. The summed E-state index contributed by atoms with van der Waals surface area (Å²) in [5.41, 5.74) is 0. The third-order valence-electron chi connectivity index (χ3n) is 2.32. The van der Waals surface area contributed by atoms with Gasteiger partial charge in [0.1, 0.15) is 12.4 Å². The van der Waals surface area contributed by atoms with E-state index in [2.05, 4.69) is 10.6 Å².